The van der Waals surface area contributed by atoms with Gasteiger partial charge in [-0.1, -0.05) is 0 Å². The summed E-state index contributed by atoms with van der Waals surface area (Å²) in [6.45, 7) is 0.155. The van der Waals surface area contributed by atoms with Crippen molar-refractivity contribution in [3.63, 3.8) is 0 Å². The molecule has 1 aromatic heterocycles. The van der Waals surface area contributed by atoms with Crippen molar-refractivity contribution in [1.29, 1.82) is 0 Å². The number of rotatable bonds is 4. The molecule has 1 saturated heterocycles. The molecule has 1 fully saturated rings. The number of amides is 1. The number of halogens is 2. The lowest BCUT2D eigenvalue weighted by Gasteiger charge is -2.27. The number of furan rings is 1. The number of nitrogens with zero attached hydrogens (tertiary/aromatic N) is 1. The number of hydrogen-bond acceptors (Lipinski definition) is 4. The van der Waals surface area contributed by atoms with Crippen LogP contribution in [0.2, 0.25) is 0 Å². The van der Waals surface area contributed by atoms with Gasteiger partial charge in [-0.15, -0.1) is 0 Å². The Morgan fingerprint density at radius 3 is 2.50 bits per heavy atom. The smallest absolute Gasteiger partial charge is 0.254 e. The minimum Gasteiger partial charge on any atom is -0.452 e. The zero-order chi connectivity index (χ0) is 17.3. The topological polar surface area (TPSA) is 67.6 Å². The van der Waals surface area contributed by atoms with Gasteiger partial charge in [0, 0.05) is 11.6 Å². The fourth-order valence-electron chi connectivity index (χ4n) is 2.75. The van der Waals surface area contributed by atoms with Gasteiger partial charge in [0.1, 0.15) is 11.6 Å². The molecule has 0 spiro atoms. The molecule has 1 aliphatic heterocycles. The van der Waals surface area contributed by atoms with Crippen LogP contribution in [0.5, 0.6) is 0 Å². The molecule has 1 aromatic carbocycles. The van der Waals surface area contributed by atoms with E-state index in [-0.39, 0.29) is 24.0 Å². The van der Waals surface area contributed by atoms with Gasteiger partial charge < -0.3 is 9.32 Å². The third-order valence-electron chi connectivity index (χ3n) is 3.96. The van der Waals surface area contributed by atoms with Crippen LogP contribution >= 0.6 is 15.9 Å². The van der Waals surface area contributed by atoms with Crippen LogP contribution in [0.1, 0.15) is 22.5 Å². The molecule has 0 N–H and O–H groups in total. The summed E-state index contributed by atoms with van der Waals surface area (Å²) in [6, 6.07) is 8.22. The van der Waals surface area contributed by atoms with Crippen LogP contribution in [0.25, 0.3) is 0 Å². The second-order valence-electron chi connectivity index (χ2n) is 5.70. The van der Waals surface area contributed by atoms with Crippen molar-refractivity contribution in [2.24, 2.45) is 0 Å². The molecule has 1 atom stereocenters. The van der Waals surface area contributed by atoms with Gasteiger partial charge >= 0.3 is 0 Å². The first-order chi connectivity index (χ1) is 11.3. The monoisotopic (exact) mass is 415 g/mol. The van der Waals surface area contributed by atoms with Crippen LogP contribution in [0.4, 0.5) is 4.39 Å². The molecular weight excluding hydrogens is 401 g/mol. The van der Waals surface area contributed by atoms with Gasteiger partial charge in [0.25, 0.3) is 5.91 Å². The molecule has 128 valence electrons. The van der Waals surface area contributed by atoms with Crippen LogP contribution < -0.4 is 0 Å². The van der Waals surface area contributed by atoms with E-state index < -0.39 is 21.7 Å². The number of benzene rings is 1. The molecule has 3 rings (SSSR count). The Kier molecular flexibility index (Phi) is 4.78. The van der Waals surface area contributed by atoms with Gasteiger partial charge in [-0.05, 0) is 58.7 Å². The predicted octanol–water partition coefficient (Wildman–Crippen LogP) is 3.01. The van der Waals surface area contributed by atoms with E-state index in [1.165, 1.54) is 29.2 Å². The molecule has 2 heterocycles. The highest BCUT2D eigenvalue weighted by molar-refractivity contribution is 9.10. The second-order valence-corrected chi connectivity index (χ2v) is 8.71. The van der Waals surface area contributed by atoms with Gasteiger partial charge in [-0.3, -0.25) is 4.79 Å². The Hall–Kier alpha value is -1.67. The summed E-state index contributed by atoms with van der Waals surface area (Å²) in [5.74, 6) is -0.239. The molecule has 1 amide bonds. The highest BCUT2D eigenvalue weighted by atomic mass is 79.9. The zero-order valence-corrected chi connectivity index (χ0v) is 15.0. The summed E-state index contributed by atoms with van der Waals surface area (Å²) in [4.78, 5) is 14.3. The van der Waals surface area contributed by atoms with Crippen LogP contribution in [0.15, 0.2) is 45.5 Å². The molecule has 0 saturated carbocycles. The maximum absolute atomic E-state index is 13.1. The van der Waals surface area contributed by atoms with Crippen LogP contribution in [0.3, 0.4) is 0 Å². The summed E-state index contributed by atoms with van der Waals surface area (Å²) in [5.41, 5.74) is 0.311. The van der Waals surface area contributed by atoms with Crippen LogP contribution in [-0.2, 0) is 16.4 Å². The van der Waals surface area contributed by atoms with Crippen molar-refractivity contribution in [1.82, 2.24) is 4.90 Å². The Balaban J connectivity index is 1.88. The number of hydrogen-bond donors (Lipinski definition) is 0. The lowest BCUT2D eigenvalue weighted by Crippen LogP contribution is -2.40. The molecule has 1 aliphatic rings. The average Bonchev–Trinajstić information content (AvgIpc) is 3.10. The standard InChI is InChI=1S/C16H15BrFNO4S/c17-15-6-5-14(23-15)9-19(13-7-8-24(21,22)10-13)16(20)11-1-3-12(18)4-2-11/h1-6,13H,7-10H2/t13-/m0/s1. The maximum atomic E-state index is 13.1. The third-order valence-corrected chi connectivity index (χ3v) is 6.13. The summed E-state index contributed by atoms with van der Waals surface area (Å²) < 4.78 is 42.6. The largest absolute Gasteiger partial charge is 0.452 e. The Bertz CT molecular complexity index is 847. The first-order valence-electron chi connectivity index (χ1n) is 7.35. The Morgan fingerprint density at radius 1 is 1.25 bits per heavy atom. The molecule has 0 bridgehead atoms. The van der Waals surface area contributed by atoms with Crippen LogP contribution in [0, 0.1) is 5.82 Å². The number of carbonyl (C=O) groups excluding carboxylic acids is 1. The van der Waals surface area contributed by atoms with Gasteiger partial charge in [0.05, 0.1) is 18.1 Å². The van der Waals surface area contributed by atoms with E-state index in [9.17, 15) is 17.6 Å². The molecule has 0 aliphatic carbocycles. The normalized spacial score (nSPS) is 19.3. The molecule has 2 aromatic rings. The van der Waals surface area contributed by atoms with Crippen LogP contribution in [-0.4, -0.2) is 36.8 Å². The van der Waals surface area contributed by atoms with Crippen molar-refractivity contribution < 1.29 is 22.0 Å². The van der Waals surface area contributed by atoms with Gasteiger partial charge in [-0.25, -0.2) is 12.8 Å². The molecule has 0 radical (unpaired) electrons. The van der Waals surface area contributed by atoms with E-state index in [1.54, 1.807) is 12.1 Å². The molecule has 5 nitrogen and oxygen atoms in total. The minimum atomic E-state index is -3.14. The fourth-order valence-corrected chi connectivity index (χ4v) is 4.82. The first-order valence-corrected chi connectivity index (χ1v) is 9.97. The van der Waals surface area contributed by atoms with E-state index in [2.05, 4.69) is 15.9 Å². The Labute approximate surface area is 147 Å². The van der Waals surface area contributed by atoms with E-state index in [1.807, 2.05) is 0 Å². The maximum Gasteiger partial charge on any atom is 0.254 e. The first kappa shape index (κ1) is 17.2. The van der Waals surface area contributed by atoms with Crippen molar-refractivity contribution in [2.75, 3.05) is 11.5 Å². The van der Waals surface area contributed by atoms with Crippen molar-refractivity contribution >= 4 is 31.7 Å². The summed E-state index contributed by atoms with van der Waals surface area (Å²) >= 11 is 3.21. The van der Waals surface area contributed by atoms with E-state index in [0.717, 1.165) is 0 Å². The summed E-state index contributed by atoms with van der Waals surface area (Å²) in [5, 5.41) is 0. The molecule has 24 heavy (non-hydrogen) atoms. The highest BCUT2D eigenvalue weighted by Gasteiger charge is 2.35. The fraction of sp³-hybridized carbons (Fsp3) is 0.312. The second kappa shape index (κ2) is 6.68. The van der Waals surface area contributed by atoms with Gasteiger partial charge in [0.15, 0.2) is 14.5 Å². The molecule has 0 unspecified atom stereocenters. The molecule has 8 heteroatoms. The van der Waals surface area contributed by atoms with E-state index >= 15 is 0 Å². The Morgan fingerprint density at radius 2 is 1.96 bits per heavy atom. The van der Waals surface area contributed by atoms with Crippen molar-refractivity contribution in [2.45, 2.75) is 19.0 Å². The third kappa shape index (κ3) is 3.87. The SMILES string of the molecule is O=C(c1ccc(F)cc1)N(Cc1ccc(Br)o1)[C@H]1CCS(=O)(=O)C1. The summed E-state index contributed by atoms with van der Waals surface area (Å²) in [7, 11) is -3.14. The predicted molar refractivity (Wildman–Crippen MR) is 89.7 cm³/mol. The lowest BCUT2D eigenvalue weighted by atomic mass is 10.1. The van der Waals surface area contributed by atoms with E-state index in [4.69, 9.17) is 4.42 Å². The quantitative estimate of drug-likeness (QED) is 0.769. The van der Waals surface area contributed by atoms with E-state index in [0.29, 0.717) is 22.4 Å². The number of carbonyl (C=O) groups is 1. The minimum absolute atomic E-state index is 0.0622. The van der Waals surface area contributed by atoms with Gasteiger partial charge in [0.2, 0.25) is 0 Å². The lowest BCUT2D eigenvalue weighted by molar-refractivity contribution is 0.0665. The number of sulfone groups is 1. The zero-order valence-electron chi connectivity index (χ0n) is 12.6. The highest BCUT2D eigenvalue weighted by Crippen LogP contribution is 2.24. The van der Waals surface area contributed by atoms with Crippen molar-refractivity contribution in [3.8, 4) is 0 Å². The summed E-state index contributed by atoms with van der Waals surface area (Å²) in [6.07, 6.45) is 0.386. The van der Waals surface area contributed by atoms with Crippen molar-refractivity contribution in [3.05, 3.63) is 58.2 Å². The average molecular weight is 416 g/mol. The molecular formula is C16H15BrFNO4S. The van der Waals surface area contributed by atoms with Gasteiger partial charge in [-0.2, -0.15) is 0 Å².